The number of hydrogen-bond donors (Lipinski definition) is 0. The zero-order valence-corrected chi connectivity index (χ0v) is 26.9. The Hall–Kier alpha value is -2.61. The van der Waals surface area contributed by atoms with E-state index in [9.17, 15) is 9.59 Å². The van der Waals surface area contributed by atoms with Gasteiger partial charge in [0.2, 0.25) is 0 Å². The van der Waals surface area contributed by atoms with Gasteiger partial charge in [-0.2, -0.15) is 0 Å². The lowest BCUT2D eigenvalue weighted by atomic mass is 10.1. The van der Waals surface area contributed by atoms with Crippen molar-refractivity contribution >= 4 is 11.9 Å². The average molecular weight is 587 g/mol. The summed E-state index contributed by atoms with van der Waals surface area (Å²) in [6.07, 6.45) is 29.0. The number of esters is 2. The van der Waals surface area contributed by atoms with Crippen molar-refractivity contribution in [2.45, 2.75) is 124 Å². The fourth-order valence-corrected chi connectivity index (χ4v) is 5.46. The van der Waals surface area contributed by atoms with Gasteiger partial charge in [-0.25, -0.2) is 14.6 Å². The Labute approximate surface area is 255 Å². The number of rotatable bonds is 24. The van der Waals surface area contributed by atoms with Gasteiger partial charge in [0, 0.05) is 38.6 Å². The summed E-state index contributed by atoms with van der Waals surface area (Å²) in [5.41, 5.74) is 0.770. The summed E-state index contributed by atoms with van der Waals surface area (Å²) in [5.74, 6) is -0.869. The SMILES string of the molecule is CCCCCCCC/C=C\CCCCCCCCN1CC(C(=O)OCC)=C(C(=O)OCC)N(CCCn2ccnc2)C1. The second kappa shape index (κ2) is 22.9. The van der Waals surface area contributed by atoms with Gasteiger partial charge in [-0.3, -0.25) is 4.90 Å². The third-order valence-corrected chi connectivity index (χ3v) is 7.73. The van der Waals surface area contributed by atoms with E-state index < -0.39 is 11.9 Å². The van der Waals surface area contributed by atoms with Gasteiger partial charge < -0.3 is 18.9 Å². The Balaban J connectivity index is 1.75. The first-order valence-electron chi connectivity index (χ1n) is 16.8. The predicted molar refractivity (Wildman–Crippen MR) is 170 cm³/mol. The Morgan fingerprint density at radius 1 is 0.762 bits per heavy atom. The lowest BCUT2D eigenvalue weighted by Crippen LogP contribution is -2.48. The smallest absolute Gasteiger partial charge is 0.355 e. The lowest BCUT2D eigenvalue weighted by Gasteiger charge is -2.38. The van der Waals surface area contributed by atoms with Gasteiger partial charge >= 0.3 is 11.9 Å². The van der Waals surface area contributed by atoms with Crippen molar-refractivity contribution in [3.63, 3.8) is 0 Å². The molecule has 0 saturated carbocycles. The quantitative estimate of drug-likeness (QED) is 0.0716. The monoisotopic (exact) mass is 586 g/mol. The third-order valence-electron chi connectivity index (χ3n) is 7.73. The molecule has 0 amide bonds. The summed E-state index contributed by atoms with van der Waals surface area (Å²) in [7, 11) is 0. The molecular formula is C34H58N4O4. The molecule has 0 radical (unpaired) electrons. The number of carbonyl (C=O) groups is 2. The lowest BCUT2D eigenvalue weighted by molar-refractivity contribution is -0.144. The minimum absolute atomic E-state index is 0.264. The molecule has 2 rings (SSSR count). The van der Waals surface area contributed by atoms with Crippen molar-refractivity contribution in [2.24, 2.45) is 0 Å². The molecule has 1 aliphatic rings. The first-order chi connectivity index (χ1) is 20.6. The van der Waals surface area contributed by atoms with Crippen LogP contribution in [0.5, 0.6) is 0 Å². The zero-order valence-electron chi connectivity index (χ0n) is 26.9. The second-order valence-corrected chi connectivity index (χ2v) is 11.3. The molecule has 0 spiro atoms. The standard InChI is InChI=1S/C34H58N4O4/c1-4-7-8-9-10-11-12-13-14-15-16-17-18-19-20-21-24-37-28-31(33(39)41-5-2)32(34(40)42-6-3)38(30-37)26-22-25-36-27-23-35-29-36/h13-14,23,27,29H,4-12,15-22,24-26,28,30H2,1-3H3/b14-13-. The Morgan fingerprint density at radius 2 is 1.38 bits per heavy atom. The zero-order chi connectivity index (χ0) is 30.3. The maximum absolute atomic E-state index is 13.0. The normalized spacial score (nSPS) is 14.2. The summed E-state index contributed by atoms with van der Waals surface area (Å²) in [5, 5.41) is 0. The van der Waals surface area contributed by atoms with Crippen LogP contribution in [0.15, 0.2) is 42.1 Å². The van der Waals surface area contributed by atoms with Crippen LogP contribution in [0.3, 0.4) is 0 Å². The first kappa shape index (κ1) is 35.6. The summed E-state index contributed by atoms with van der Waals surface area (Å²) < 4.78 is 12.7. The van der Waals surface area contributed by atoms with Gasteiger partial charge in [-0.1, -0.05) is 76.9 Å². The molecule has 42 heavy (non-hydrogen) atoms. The predicted octanol–water partition coefficient (Wildman–Crippen LogP) is 7.27. The number of nitrogens with zero attached hydrogens (tertiary/aromatic N) is 4. The Morgan fingerprint density at radius 3 is 2.00 bits per heavy atom. The van der Waals surface area contributed by atoms with Crippen LogP contribution in [0.4, 0.5) is 0 Å². The molecule has 0 bridgehead atoms. The summed E-state index contributed by atoms with van der Waals surface area (Å²) in [6, 6.07) is 0. The van der Waals surface area contributed by atoms with Crippen LogP contribution >= 0.6 is 0 Å². The van der Waals surface area contributed by atoms with Crippen LogP contribution in [-0.4, -0.2) is 70.8 Å². The summed E-state index contributed by atoms with van der Waals surface area (Å²) in [6.45, 7) is 9.71. The molecule has 1 aromatic rings. The molecule has 1 aliphatic heterocycles. The van der Waals surface area contributed by atoms with Gasteiger partial charge in [0.1, 0.15) is 5.70 Å². The minimum atomic E-state index is -0.444. The molecule has 2 heterocycles. The van der Waals surface area contributed by atoms with Crippen LogP contribution in [0.2, 0.25) is 0 Å². The third kappa shape index (κ3) is 14.5. The van der Waals surface area contributed by atoms with Crippen molar-refractivity contribution < 1.29 is 19.1 Å². The van der Waals surface area contributed by atoms with Crippen LogP contribution in [-0.2, 0) is 25.6 Å². The van der Waals surface area contributed by atoms with Crippen molar-refractivity contribution in [2.75, 3.05) is 39.5 Å². The van der Waals surface area contributed by atoms with Crippen molar-refractivity contribution in [3.8, 4) is 0 Å². The van der Waals surface area contributed by atoms with E-state index >= 15 is 0 Å². The van der Waals surface area contributed by atoms with Crippen molar-refractivity contribution in [1.29, 1.82) is 0 Å². The maximum Gasteiger partial charge on any atom is 0.355 e. The van der Waals surface area contributed by atoms with Gasteiger partial charge in [0.15, 0.2) is 0 Å². The van der Waals surface area contributed by atoms with Gasteiger partial charge in [-0.05, 0) is 52.4 Å². The van der Waals surface area contributed by atoms with Gasteiger partial charge in [0.25, 0.3) is 0 Å². The molecule has 0 atom stereocenters. The number of hydrogen-bond acceptors (Lipinski definition) is 7. The van der Waals surface area contributed by atoms with Crippen LogP contribution in [0.25, 0.3) is 0 Å². The topological polar surface area (TPSA) is 76.9 Å². The van der Waals surface area contributed by atoms with Crippen molar-refractivity contribution in [3.05, 3.63) is 42.1 Å². The molecule has 0 aromatic carbocycles. The molecule has 238 valence electrons. The number of aromatic nitrogens is 2. The number of carbonyl (C=O) groups excluding carboxylic acids is 2. The highest BCUT2D eigenvalue weighted by atomic mass is 16.5. The minimum Gasteiger partial charge on any atom is -0.463 e. The second-order valence-electron chi connectivity index (χ2n) is 11.3. The van der Waals surface area contributed by atoms with Crippen LogP contribution < -0.4 is 0 Å². The van der Waals surface area contributed by atoms with E-state index in [0.717, 1.165) is 25.9 Å². The maximum atomic E-state index is 13.0. The highest BCUT2D eigenvalue weighted by Gasteiger charge is 2.34. The number of allylic oxidation sites excluding steroid dienone is 2. The van der Waals surface area contributed by atoms with Crippen LogP contribution in [0, 0.1) is 0 Å². The molecule has 0 aliphatic carbocycles. The number of aryl methyl sites for hydroxylation is 1. The molecule has 0 saturated heterocycles. The Kier molecular flexibility index (Phi) is 19.4. The molecule has 1 aromatic heterocycles. The van der Waals surface area contributed by atoms with Crippen molar-refractivity contribution in [1.82, 2.24) is 19.4 Å². The summed E-state index contributed by atoms with van der Waals surface area (Å²) >= 11 is 0. The van der Waals surface area contributed by atoms with Gasteiger partial charge in [-0.15, -0.1) is 0 Å². The molecule has 8 nitrogen and oxygen atoms in total. The van der Waals surface area contributed by atoms with E-state index in [1.807, 2.05) is 15.7 Å². The number of unbranched alkanes of at least 4 members (excludes halogenated alkanes) is 12. The fraction of sp³-hybridized carbons (Fsp3) is 0.735. The van der Waals surface area contributed by atoms with E-state index in [0.29, 0.717) is 31.0 Å². The largest absolute Gasteiger partial charge is 0.463 e. The molecule has 0 fully saturated rings. The fourth-order valence-electron chi connectivity index (χ4n) is 5.46. The molecular weight excluding hydrogens is 528 g/mol. The first-order valence-corrected chi connectivity index (χ1v) is 16.8. The van der Waals surface area contributed by atoms with E-state index in [-0.39, 0.29) is 13.2 Å². The Bertz CT molecular complexity index is 913. The van der Waals surface area contributed by atoms with E-state index in [2.05, 4.69) is 29.0 Å². The van der Waals surface area contributed by atoms with E-state index in [1.165, 1.54) is 83.5 Å². The highest BCUT2D eigenvalue weighted by molar-refractivity contribution is 6.00. The van der Waals surface area contributed by atoms with E-state index in [1.54, 1.807) is 26.4 Å². The van der Waals surface area contributed by atoms with Gasteiger partial charge in [0.05, 0.1) is 31.8 Å². The van der Waals surface area contributed by atoms with Crippen LogP contribution in [0.1, 0.15) is 117 Å². The highest BCUT2D eigenvalue weighted by Crippen LogP contribution is 2.23. The molecule has 8 heteroatoms. The molecule has 0 unspecified atom stereocenters. The number of imidazole rings is 1. The molecule has 0 N–H and O–H groups in total. The van der Waals surface area contributed by atoms with E-state index in [4.69, 9.17) is 9.47 Å². The average Bonchev–Trinajstić information content (AvgIpc) is 3.50. The summed E-state index contributed by atoms with van der Waals surface area (Å²) in [4.78, 5) is 34.3. The number of ether oxygens (including phenoxy) is 2.